The van der Waals surface area contributed by atoms with Gasteiger partial charge in [-0.3, -0.25) is 0 Å². The maximum Gasteiger partial charge on any atom is 0.167 e. The molecule has 2 aromatic carbocycles. The van der Waals surface area contributed by atoms with Gasteiger partial charge in [0, 0.05) is 5.39 Å². The van der Waals surface area contributed by atoms with Gasteiger partial charge in [0.25, 0.3) is 0 Å². The fourth-order valence-electron chi connectivity index (χ4n) is 5.91. The molecule has 0 unspecified atom stereocenters. The first-order valence-electron chi connectivity index (χ1n) is 12.0. The highest BCUT2D eigenvalue weighted by molar-refractivity contribution is 5.85. The molecule has 164 valence electrons. The summed E-state index contributed by atoms with van der Waals surface area (Å²) >= 11 is 0. The lowest BCUT2D eigenvalue weighted by atomic mass is 9.74. The van der Waals surface area contributed by atoms with E-state index < -0.39 is 11.6 Å². The zero-order valence-corrected chi connectivity index (χ0v) is 18.6. The Morgan fingerprint density at radius 3 is 2.00 bits per heavy atom. The van der Waals surface area contributed by atoms with Crippen molar-refractivity contribution in [1.29, 1.82) is 0 Å². The first-order valence-corrected chi connectivity index (χ1v) is 12.0. The minimum absolute atomic E-state index is 0.141. The van der Waals surface area contributed by atoms with Crippen molar-refractivity contribution >= 4 is 10.8 Å². The largest absolute Gasteiger partial charge is 0.497 e. The molecular weight excluding hydrogens is 378 g/mol. The molecule has 2 aliphatic rings. The molecule has 2 saturated carbocycles. The number of hydrogen-bond donors (Lipinski definition) is 0. The third-order valence-electron chi connectivity index (χ3n) is 8.07. The van der Waals surface area contributed by atoms with Gasteiger partial charge >= 0.3 is 0 Å². The van der Waals surface area contributed by atoms with Gasteiger partial charge in [-0.2, -0.15) is 0 Å². The molecule has 0 bridgehead atoms. The second-order valence-corrected chi connectivity index (χ2v) is 9.77. The Labute approximate surface area is 180 Å². The Hall–Kier alpha value is -1.64. The summed E-state index contributed by atoms with van der Waals surface area (Å²) in [6.07, 6.45) is 14.0. The van der Waals surface area contributed by atoms with Crippen LogP contribution in [-0.4, -0.2) is 7.11 Å². The Morgan fingerprint density at radius 2 is 1.40 bits per heavy atom. The highest BCUT2D eigenvalue weighted by atomic mass is 19.2. The zero-order valence-electron chi connectivity index (χ0n) is 18.6. The van der Waals surface area contributed by atoms with Crippen LogP contribution < -0.4 is 4.74 Å². The van der Waals surface area contributed by atoms with Crippen molar-refractivity contribution < 1.29 is 13.5 Å². The molecule has 3 heteroatoms. The molecule has 0 N–H and O–H groups in total. The second kappa shape index (κ2) is 9.66. The third-order valence-corrected chi connectivity index (χ3v) is 8.07. The molecule has 2 aliphatic carbocycles. The third kappa shape index (κ3) is 4.65. The molecule has 0 amide bonds. The molecule has 4 rings (SSSR count). The highest BCUT2D eigenvalue weighted by Crippen LogP contribution is 2.42. The Bertz CT molecular complexity index is 846. The van der Waals surface area contributed by atoms with Crippen LogP contribution >= 0.6 is 0 Å². The van der Waals surface area contributed by atoms with Crippen molar-refractivity contribution in [2.75, 3.05) is 7.11 Å². The maximum absolute atomic E-state index is 14.9. The molecule has 2 fully saturated rings. The van der Waals surface area contributed by atoms with Crippen molar-refractivity contribution in [3.8, 4) is 5.75 Å². The molecule has 0 heterocycles. The van der Waals surface area contributed by atoms with Crippen LogP contribution in [0.2, 0.25) is 0 Å². The molecule has 0 spiro atoms. The summed E-state index contributed by atoms with van der Waals surface area (Å²) in [7, 11) is 1.54. The van der Waals surface area contributed by atoms with E-state index in [-0.39, 0.29) is 5.92 Å². The fraction of sp³-hybridized carbons (Fsp3) is 0.630. The normalized spacial score (nSPS) is 27.3. The SMILES string of the molecule is CCC1CCC(CCC2CCC(c3cc4ccc(OC)cc4c(F)c3F)CC2)CC1. The molecule has 0 aliphatic heterocycles. The number of benzene rings is 2. The van der Waals surface area contributed by atoms with E-state index in [0.717, 1.165) is 48.8 Å². The minimum atomic E-state index is -0.730. The summed E-state index contributed by atoms with van der Waals surface area (Å²) in [5.41, 5.74) is 0.571. The number of halogens is 2. The van der Waals surface area contributed by atoms with E-state index in [1.165, 1.54) is 44.9 Å². The van der Waals surface area contributed by atoms with E-state index in [4.69, 9.17) is 4.74 Å². The van der Waals surface area contributed by atoms with Crippen LogP contribution in [-0.2, 0) is 0 Å². The van der Waals surface area contributed by atoms with Crippen molar-refractivity contribution in [1.82, 2.24) is 0 Å². The molecule has 2 aromatic rings. The molecule has 1 nitrogen and oxygen atoms in total. The first-order chi connectivity index (χ1) is 14.6. The Kier molecular flexibility index (Phi) is 6.95. The fourth-order valence-corrected chi connectivity index (χ4v) is 5.91. The summed E-state index contributed by atoms with van der Waals surface area (Å²) < 4.78 is 34.8. The summed E-state index contributed by atoms with van der Waals surface area (Å²) in [5, 5.41) is 1.07. The van der Waals surface area contributed by atoms with Crippen molar-refractivity contribution in [3.05, 3.63) is 41.5 Å². The molecule has 30 heavy (non-hydrogen) atoms. The number of methoxy groups -OCH3 is 1. The molecule has 0 radical (unpaired) electrons. The lowest BCUT2D eigenvalue weighted by Crippen LogP contribution is -2.18. The average Bonchev–Trinajstić information content (AvgIpc) is 2.80. The van der Waals surface area contributed by atoms with Gasteiger partial charge in [-0.25, -0.2) is 8.78 Å². The van der Waals surface area contributed by atoms with E-state index in [9.17, 15) is 8.78 Å². The molecule has 0 saturated heterocycles. The summed E-state index contributed by atoms with van der Waals surface area (Å²) in [6.45, 7) is 2.32. The van der Waals surface area contributed by atoms with Gasteiger partial charge in [0.05, 0.1) is 7.11 Å². The van der Waals surface area contributed by atoms with Crippen LogP contribution in [0.15, 0.2) is 24.3 Å². The first kappa shape index (κ1) is 21.6. The van der Waals surface area contributed by atoms with Gasteiger partial charge in [-0.05, 0) is 78.5 Å². The lowest BCUT2D eigenvalue weighted by Gasteiger charge is -2.32. The summed E-state index contributed by atoms with van der Waals surface area (Å²) in [4.78, 5) is 0. The monoisotopic (exact) mass is 414 g/mol. The van der Waals surface area contributed by atoms with Crippen LogP contribution in [0.1, 0.15) is 89.0 Å². The Morgan fingerprint density at radius 1 is 0.800 bits per heavy atom. The standard InChI is InChI=1S/C27H36F2O/c1-3-18-4-6-19(7-5-18)8-9-20-10-12-21(13-11-20)24-16-22-14-15-23(30-2)17-25(22)27(29)26(24)28/h14-21H,3-13H2,1-2H3. The summed E-state index contributed by atoms with van der Waals surface area (Å²) in [6, 6.07) is 7.10. The average molecular weight is 415 g/mol. The number of rotatable bonds is 6. The number of ether oxygens (including phenoxy) is 1. The number of hydrogen-bond acceptors (Lipinski definition) is 1. The van der Waals surface area contributed by atoms with Gasteiger partial charge in [0.1, 0.15) is 5.75 Å². The predicted molar refractivity (Wildman–Crippen MR) is 120 cm³/mol. The Balaban J connectivity index is 1.35. The summed E-state index contributed by atoms with van der Waals surface area (Å²) in [5.74, 6) is 1.96. The topological polar surface area (TPSA) is 9.23 Å². The van der Waals surface area contributed by atoms with E-state index in [1.807, 2.05) is 18.2 Å². The van der Waals surface area contributed by atoms with E-state index in [0.29, 0.717) is 16.7 Å². The van der Waals surface area contributed by atoms with Crippen LogP contribution in [0, 0.1) is 29.4 Å². The van der Waals surface area contributed by atoms with Crippen molar-refractivity contribution in [3.63, 3.8) is 0 Å². The lowest BCUT2D eigenvalue weighted by molar-refractivity contribution is 0.227. The molecular formula is C27H36F2O. The predicted octanol–water partition coefficient (Wildman–Crippen LogP) is 8.40. The van der Waals surface area contributed by atoms with Gasteiger partial charge in [0.2, 0.25) is 0 Å². The zero-order chi connectivity index (χ0) is 21.1. The van der Waals surface area contributed by atoms with E-state index in [2.05, 4.69) is 6.92 Å². The van der Waals surface area contributed by atoms with Gasteiger partial charge in [-0.15, -0.1) is 0 Å². The quantitative estimate of drug-likeness (QED) is 0.461. The van der Waals surface area contributed by atoms with Gasteiger partial charge in [-0.1, -0.05) is 57.9 Å². The molecule has 0 aromatic heterocycles. The van der Waals surface area contributed by atoms with Gasteiger partial charge < -0.3 is 4.74 Å². The van der Waals surface area contributed by atoms with Crippen LogP contribution in [0.25, 0.3) is 10.8 Å². The van der Waals surface area contributed by atoms with Gasteiger partial charge in [0.15, 0.2) is 11.6 Å². The maximum atomic E-state index is 14.9. The van der Waals surface area contributed by atoms with Crippen LogP contribution in [0.3, 0.4) is 0 Å². The van der Waals surface area contributed by atoms with Crippen LogP contribution in [0.4, 0.5) is 8.78 Å². The van der Waals surface area contributed by atoms with E-state index >= 15 is 0 Å². The highest BCUT2D eigenvalue weighted by Gasteiger charge is 2.28. The minimum Gasteiger partial charge on any atom is -0.497 e. The van der Waals surface area contributed by atoms with Crippen molar-refractivity contribution in [2.24, 2.45) is 17.8 Å². The molecule has 0 atom stereocenters. The smallest absolute Gasteiger partial charge is 0.167 e. The number of fused-ring (bicyclic) bond motifs is 1. The second-order valence-electron chi connectivity index (χ2n) is 9.77. The van der Waals surface area contributed by atoms with Crippen LogP contribution in [0.5, 0.6) is 5.75 Å². The van der Waals surface area contributed by atoms with E-state index in [1.54, 1.807) is 13.2 Å². The van der Waals surface area contributed by atoms with Crippen molar-refractivity contribution in [2.45, 2.75) is 83.5 Å².